The quantitative estimate of drug-likeness (QED) is 0.317. The number of halogens is 1. The Morgan fingerprint density at radius 2 is 1.59 bits per heavy atom. The van der Waals surface area contributed by atoms with E-state index < -0.39 is 0 Å². The van der Waals surface area contributed by atoms with Gasteiger partial charge >= 0.3 is 0 Å². The van der Waals surface area contributed by atoms with Crippen LogP contribution in [0.15, 0.2) is 42.5 Å². The first kappa shape index (κ1) is 34.7. The van der Waals surface area contributed by atoms with Crippen molar-refractivity contribution in [3.05, 3.63) is 64.2 Å². The third kappa shape index (κ3) is 7.41. The topological polar surface area (TPSA) is 77.8 Å². The molecule has 1 N–H and O–H groups in total. The molecule has 1 aliphatic heterocycles. The molecule has 2 aliphatic carbocycles. The van der Waals surface area contributed by atoms with Crippen molar-refractivity contribution in [1.29, 1.82) is 5.26 Å². The van der Waals surface area contributed by atoms with E-state index in [9.17, 15) is 10.1 Å². The summed E-state index contributed by atoms with van der Waals surface area (Å²) in [5.74, 6) is 1.12. The lowest BCUT2D eigenvalue weighted by molar-refractivity contribution is -0.164. The van der Waals surface area contributed by atoms with Crippen LogP contribution in [0.2, 0.25) is 5.02 Å². The minimum atomic E-state index is -0.302. The third-order valence-corrected chi connectivity index (χ3v) is 11.0. The first-order valence-electron chi connectivity index (χ1n) is 17.0. The molecular weight excluding hydrogens is 596 g/mol. The summed E-state index contributed by atoms with van der Waals surface area (Å²) < 4.78 is 12.6. The molecule has 0 spiro atoms. The van der Waals surface area contributed by atoms with E-state index in [1.807, 2.05) is 12.1 Å². The molecule has 2 saturated carbocycles. The maximum atomic E-state index is 13.4. The molecule has 2 aromatic rings. The largest absolute Gasteiger partial charge is 0.489 e. The zero-order valence-electron chi connectivity index (χ0n) is 29.0. The molecular formula is C38H53ClN4O3. The molecule has 1 heterocycles. The van der Waals surface area contributed by atoms with Crippen LogP contribution in [0.4, 0.5) is 0 Å². The molecule has 0 radical (unpaired) electrons. The number of hydrogen-bond acceptors (Lipinski definition) is 6. The van der Waals surface area contributed by atoms with Crippen molar-refractivity contribution in [2.75, 3.05) is 26.2 Å². The number of ether oxygens (including phenoxy) is 2. The zero-order chi connectivity index (χ0) is 33.4. The minimum Gasteiger partial charge on any atom is -0.489 e. The molecule has 1 saturated heterocycles. The molecule has 250 valence electrons. The van der Waals surface area contributed by atoms with Gasteiger partial charge in [-0.25, -0.2) is 0 Å². The van der Waals surface area contributed by atoms with Crippen LogP contribution in [0.5, 0.6) is 5.75 Å². The maximum absolute atomic E-state index is 13.4. The summed E-state index contributed by atoms with van der Waals surface area (Å²) in [4.78, 5) is 18.6. The van der Waals surface area contributed by atoms with Gasteiger partial charge in [-0.1, -0.05) is 51.4 Å². The van der Waals surface area contributed by atoms with Crippen LogP contribution in [0.3, 0.4) is 0 Å². The van der Waals surface area contributed by atoms with Gasteiger partial charge < -0.3 is 14.8 Å². The van der Waals surface area contributed by atoms with Gasteiger partial charge in [0.1, 0.15) is 24.2 Å². The van der Waals surface area contributed by atoms with Crippen molar-refractivity contribution in [2.45, 2.75) is 117 Å². The molecule has 0 aromatic heterocycles. The first-order chi connectivity index (χ1) is 21.6. The lowest BCUT2D eigenvalue weighted by Gasteiger charge is -2.63. The van der Waals surface area contributed by atoms with Gasteiger partial charge in [-0.15, -0.1) is 0 Å². The summed E-state index contributed by atoms with van der Waals surface area (Å²) in [7, 11) is 0. The molecule has 0 bridgehead atoms. The van der Waals surface area contributed by atoms with Gasteiger partial charge in [-0.3, -0.25) is 14.6 Å². The van der Waals surface area contributed by atoms with Gasteiger partial charge in [-0.2, -0.15) is 5.26 Å². The van der Waals surface area contributed by atoms with Crippen LogP contribution >= 0.6 is 11.6 Å². The number of nitriles is 1. The molecule has 3 fully saturated rings. The number of carbonyl (C=O) groups is 1. The fourth-order valence-corrected chi connectivity index (χ4v) is 8.76. The Hall–Kier alpha value is -2.63. The van der Waals surface area contributed by atoms with Crippen LogP contribution in [0, 0.1) is 22.2 Å². The van der Waals surface area contributed by atoms with Crippen LogP contribution in [-0.4, -0.2) is 71.9 Å². The summed E-state index contributed by atoms with van der Waals surface area (Å²) >= 11 is 6.24. The van der Waals surface area contributed by atoms with Gasteiger partial charge in [0.05, 0.1) is 16.2 Å². The highest BCUT2D eigenvalue weighted by Crippen LogP contribution is 2.55. The monoisotopic (exact) mass is 648 g/mol. The smallest absolute Gasteiger partial charge is 0.251 e. The van der Waals surface area contributed by atoms with Crippen LogP contribution in [-0.2, 0) is 4.74 Å². The number of hydrogen-bond donors (Lipinski definition) is 1. The number of nitrogens with zero attached hydrogens (tertiary/aromatic N) is 3. The SMILES string of the molecule is CC(OC(C)(C)C)N1CCN(C2CCC(c3ccc(C(=O)NC4C(C)(C)C(Oc5ccc(C#N)c(Cl)c5)C4(C)C)cc3)CC2)CC1. The molecule has 5 rings (SSSR count). The summed E-state index contributed by atoms with van der Waals surface area (Å²) in [6, 6.07) is 16.1. The van der Waals surface area contributed by atoms with Gasteiger partial charge in [-0.05, 0) is 89.1 Å². The number of rotatable bonds is 8. The standard InChI is InChI=1S/C38H53ClN4O3/c1-25(46-36(2,3)4)42-19-21-43(22-20-42)30-16-13-27(14-17-30)26-9-11-28(12-10-26)33(44)41-34-37(5,6)35(38(34,7)8)45-31-18-15-29(24-40)32(39)23-31/h9-12,15,18,23,25,27,30,34-35H,13-14,16-17,19-22H2,1-8H3,(H,41,44). The average molecular weight is 649 g/mol. The number of benzene rings is 2. The molecule has 2 aromatic carbocycles. The fraction of sp³-hybridized carbons (Fsp3) is 0.632. The van der Waals surface area contributed by atoms with Crippen LogP contribution < -0.4 is 10.1 Å². The number of nitrogens with one attached hydrogen (secondary N) is 1. The Labute approximate surface area is 281 Å². The predicted octanol–water partition coefficient (Wildman–Crippen LogP) is 7.63. The van der Waals surface area contributed by atoms with E-state index in [1.54, 1.807) is 18.2 Å². The second-order valence-corrected chi connectivity index (χ2v) is 16.2. The Morgan fingerprint density at radius 1 is 0.978 bits per heavy atom. The molecule has 1 amide bonds. The van der Waals surface area contributed by atoms with E-state index in [0.29, 0.717) is 33.9 Å². The lowest BCUT2D eigenvalue weighted by Crippen LogP contribution is -2.74. The van der Waals surface area contributed by atoms with Crippen LogP contribution in [0.1, 0.15) is 108 Å². The van der Waals surface area contributed by atoms with Crippen molar-refractivity contribution in [1.82, 2.24) is 15.1 Å². The van der Waals surface area contributed by atoms with Crippen molar-refractivity contribution in [2.24, 2.45) is 10.8 Å². The Bertz CT molecular complexity index is 1390. The van der Waals surface area contributed by atoms with Gasteiger partial charge in [0, 0.05) is 60.7 Å². The van der Waals surface area contributed by atoms with E-state index >= 15 is 0 Å². The summed E-state index contributed by atoms with van der Waals surface area (Å²) in [5, 5.41) is 12.9. The van der Waals surface area contributed by atoms with Gasteiger partial charge in [0.2, 0.25) is 0 Å². The second-order valence-electron chi connectivity index (χ2n) is 15.8. The van der Waals surface area contributed by atoms with Crippen molar-refractivity contribution >= 4 is 17.5 Å². The average Bonchev–Trinajstić information content (AvgIpc) is 3.01. The summed E-state index contributed by atoms with van der Waals surface area (Å²) in [6.07, 6.45) is 4.85. The highest BCUT2D eigenvalue weighted by Gasteiger charge is 2.64. The Balaban J connectivity index is 1.11. The Morgan fingerprint density at radius 3 is 2.13 bits per heavy atom. The Kier molecular flexibility index (Phi) is 10.2. The fourth-order valence-electron chi connectivity index (χ4n) is 8.54. The number of amides is 1. The summed E-state index contributed by atoms with van der Waals surface area (Å²) in [6.45, 7) is 21.4. The second kappa shape index (κ2) is 13.5. The molecule has 3 aliphatic rings. The lowest BCUT2D eigenvalue weighted by atomic mass is 9.49. The number of carbonyl (C=O) groups excluding carboxylic acids is 1. The molecule has 8 heteroatoms. The van der Waals surface area contributed by atoms with E-state index in [0.717, 1.165) is 26.2 Å². The highest BCUT2D eigenvalue weighted by atomic mass is 35.5. The van der Waals surface area contributed by atoms with E-state index in [-0.39, 0.29) is 40.7 Å². The van der Waals surface area contributed by atoms with Crippen molar-refractivity contribution < 1.29 is 14.3 Å². The maximum Gasteiger partial charge on any atom is 0.251 e. The molecule has 46 heavy (non-hydrogen) atoms. The zero-order valence-corrected chi connectivity index (χ0v) is 29.8. The highest BCUT2D eigenvalue weighted by molar-refractivity contribution is 6.31. The minimum absolute atomic E-state index is 0.0531. The predicted molar refractivity (Wildman–Crippen MR) is 184 cm³/mol. The first-order valence-corrected chi connectivity index (χ1v) is 17.4. The molecule has 1 unspecified atom stereocenters. The van der Waals surface area contributed by atoms with E-state index in [4.69, 9.17) is 21.1 Å². The molecule has 1 atom stereocenters. The van der Waals surface area contributed by atoms with E-state index in [2.05, 4.69) is 88.7 Å². The van der Waals surface area contributed by atoms with Gasteiger partial charge in [0.25, 0.3) is 5.91 Å². The van der Waals surface area contributed by atoms with Crippen molar-refractivity contribution in [3.63, 3.8) is 0 Å². The summed E-state index contributed by atoms with van der Waals surface area (Å²) in [5.41, 5.74) is 1.73. The number of piperazine rings is 1. The van der Waals surface area contributed by atoms with Crippen LogP contribution in [0.25, 0.3) is 0 Å². The van der Waals surface area contributed by atoms with Crippen molar-refractivity contribution in [3.8, 4) is 11.8 Å². The molecule has 7 nitrogen and oxygen atoms in total. The van der Waals surface area contributed by atoms with E-state index in [1.165, 1.54) is 31.2 Å². The normalized spacial score (nSPS) is 27.2. The third-order valence-electron chi connectivity index (χ3n) is 10.7. The van der Waals surface area contributed by atoms with Gasteiger partial charge in [0.15, 0.2) is 0 Å².